The Morgan fingerprint density at radius 2 is 0.833 bits per heavy atom. The Morgan fingerprint density at radius 3 is 1.42 bits per heavy atom. The Labute approximate surface area is 342 Å². The third-order valence-electron chi connectivity index (χ3n) is 11.2. The lowest BCUT2D eigenvalue weighted by Gasteiger charge is -2.17. The van der Waals surface area contributed by atoms with E-state index in [0.29, 0.717) is 39.9 Å². The molecule has 0 unspecified atom stereocenters. The van der Waals surface area contributed by atoms with E-state index in [4.69, 9.17) is 15.0 Å². The first kappa shape index (κ1) is 35.3. The van der Waals surface area contributed by atoms with Crippen LogP contribution in [0.1, 0.15) is 5.56 Å². The van der Waals surface area contributed by atoms with Gasteiger partial charge in [0.1, 0.15) is 0 Å². The molecule has 8 aromatic carbocycles. The van der Waals surface area contributed by atoms with Gasteiger partial charge >= 0.3 is 6.18 Å². The van der Waals surface area contributed by atoms with Crippen LogP contribution in [0, 0.1) is 0 Å². The minimum atomic E-state index is -4.52. The lowest BCUT2D eigenvalue weighted by atomic mass is 9.98. The summed E-state index contributed by atoms with van der Waals surface area (Å²) < 4.78 is 47.1. The molecule has 0 saturated carbocycles. The van der Waals surface area contributed by atoms with Gasteiger partial charge in [-0.25, -0.2) is 15.0 Å². The second-order valence-corrected chi connectivity index (χ2v) is 14.8. The van der Waals surface area contributed by atoms with Gasteiger partial charge in [0.25, 0.3) is 0 Å². The van der Waals surface area contributed by atoms with Gasteiger partial charge in [-0.05, 0) is 60.2 Å². The van der Waals surface area contributed by atoms with Gasteiger partial charge < -0.3 is 9.13 Å². The highest BCUT2D eigenvalue weighted by atomic mass is 19.4. The highest BCUT2D eigenvalue weighted by molar-refractivity contribution is 6.12. The highest BCUT2D eigenvalue weighted by Crippen LogP contribution is 2.41. The van der Waals surface area contributed by atoms with Crippen LogP contribution in [0.3, 0.4) is 0 Å². The van der Waals surface area contributed by atoms with Crippen LogP contribution in [0.2, 0.25) is 0 Å². The van der Waals surface area contributed by atoms with E-state index in [2.05, 4.69) is 88.0 Å². The molecule has 60 heavy (non-hydrogen) atoms. The SMILES string of the molecule is FC(F)(F)c1cccc(-c2ccc(-c3nc(-c4ccccc4)nc(-c4ccccc4)n3)cc2-n2c3ccccc3c3cc(-n4c5ccccc5c5ccccc54)ccc32)c1. The third kappa shape index (κ3) is 5.91. The van der Waals surface area contributed by atoms with Crippen LogP contribution in [0.4, 0.5) is 13.2 Å². The van der Waals surface area contributed by atoms with Crippen molar-refractivity contribution in [1.82, 2.24) is 24.1 Å². The van der Waals surface area contributed by atoms with Crippen LogP contribution in [0.5, 0.6) is 0 Å². The molecule has 8 heteroatoms. The van der Waals surface area contributed by atoms with Crippen LogP contribution >= 0.6 is 0 Å². The fourth-order valence-electron chi connectivity index (χ4n) is 8.46. The smallest absolute Gasteiger partial charge is 0.309 e. The van der Waals surface area contributed by atoms with Gasteiger partial charge in [-0.3, -0.25) is 0 Å². The third-order valence-corrected chi connectivity index (χ3v) is 11.2. The zero-order chi connectivity index (χ0) is 40.4. The summed E-state index contributed by atoms with van der Waals surface area (Å²) in [7, 11) is 0. The lowest BCUT2D eigenvalue weighted by Crippen LogP contribution is -2.05. The normalized spacial score (nSPS) is 11.9. The summed E-state index contributed by atoms with van der Waals surface area (Å²) >= 11 is 0. The number of fused-ring (bicyclic) bond motifs is 6. The van der Waals surface area contributed by atoms with Crippen molar-refractivity contribution in [2.45, 2.75) is 6.18 Å². The number of rotatable bonds is 6. The zero-order valence-corrected chi connectivity index (χ0v) is 31.8. The highest BCUT2D eigenvalue weighted by Gasteiger charge is 2.31. The molecular formula is C52H32F3N5. The minimum Gasteiger partial charge on any atom is -0.309 e. The van der Waals surface area contributed by atoms with Gasteiger partial charge in [0.05, 0.1) is 33.3 Å². The standard InChI is InChI=1S/C52H32F3N5/c53-52(54,55)37-19-13-18-35(30-37)39-28-26-36(51-57-49(33-14-3-1-4-15-33)56-50(58-51)34-16-5-2-6-17-34)31-48(39)60-46-25-12-9-22-42(46)43-32-38(27-29-47(43)60)59-44-23-10-7-20-40(44)41-21-8-11-24-45(41)59/h1-32H. The van der Waals surface area contributed by atoms with Gasteiger partial charge in [0.15, 0.2) is 17.5 Å². The van der Waals surface area contributed by atoms with Gasteiger partial charge in [0, 0.05) is 49.5 Å². The van der Waals surface area contributed by atoms with Crippen molar-refractivity contribution in [1.29, 1.82) is 0 Å². The predicted octanol–water partition coefficient (Wildman–Crippen LogP) is 13.8. The average molecular weight is 784 g/mol. The van der Waals surface area contributed by atoms with E-state index in [0.717, 1.165) is 55.7 Å². The number of halogens is 3. The Bertz CT molecular complexity index is 3310. The minimum absolute atomic E-state index is 0.435. The fraction of sp³-hybridized carbons (Fsp3) is 0.0192. The van der Waals surface area contributed by atoms with Crippen molar-refractivity contribution in [3.63, 3.8) is 0 Å². The van der Waals surface area contributed by atoms with Gasteiger partial charge in [-0.1, -0.05) is 140 Å². The molecule has 5 nitrogen and oxygen atoms in total. The summed E-state index contributed by atoms with van der Waals surface area (Å²) in [4.78, 5) is 14.9. The fourth-order valence-corrected chi connectivity index (χ4v) is 8.46. The number of alkyl halides is 3. The van der Waals surface area contributed by atoms with Crippen molar-refractivity contribution in [2.75, 3.05) is 0 Å². The summed E-state index contributed by atoms with van der Waals surface area (Å²) in [5.74, 6) is 1.46. The number of aromatic nitrogens is 5. The first-order chi connectivity index (χ1) is 29.4. The van der Waals surface area contributed by atoms with Crippen LogP contribution in [-0.4, -0.2) is 24.1 Å². The Balaban J connectivity index is 1.18. The number of nitrogens with zero attached hydrogens (tertiary/aromatic N) is 5. The van der Waals surface area contributed by atoms with Crippen LogP contribution in [0.25, 0.3) is 100 Å². The van der Waals surface area contributed by atoms with Crippen LogP contribution in [0.15, 0.2) is 194 Å². The largest absolute Gasteiger partial charge is 0.416 e. The summed E-state index contributed by atoms with van der Waals surface area (Å²) in [6.07, 6.45) is -4.52. The molecule has 0 aliphatic carbocycles. The number of hydrogen-bond donors (Lipinski definition) is 0. The maximum Gasteiger partial charge on any atom is 0.416 e. The molecule has 0 saturated heterocycles. The van der Waals surface area contributed by atoms with Gasteiger partial charge in [-0.15, -0.1) is 0 Å². The molecule has 0 bridgehead atoms. The molecule has 0 N–H and O–H groups in total. The molecule has 3 heterocycles. The van der Waals surface area contributed by atoms with Crippen molar-refractivity contribution in [3.8, 4) is 56.7 Å². The summed E-state index contributed by atoms with van der Waals surface area (Å²) in [5.41, 5.74) is 8.39. The lowest BCUT2D eigenvalue weighted by molar-refractivity contribution is -0.137. The Morgan fingerprint density at radius 1 is 0.350 bits per heavy atom. The molecule has 11 rings (SSSR count). The first-order valence-corrected chi connectivity index (χ1v) is 19.6. The first-order valence-electron chi connectivity index (χ1n) is 19.6. The zero-order valence-electron chi connectivity index (χ0n) is 31.8. The van der Waals surface area contributed by atoms with E-state index < -0.39 is 11.7 Å². The van der Waals surface area contributed by atoms with E-state index >= 15 is 0 Å². The Kier molecular flexibility index (Phi) is 8.20. The molecule has 286 valence electrons. The maximum atomic E-state index is 14.2. The summed E-state index contributed by atoms with van der Waals surface area (Å²) in [6.45, 7) is 0. The average Bonchev–Trinajstić information content (AvgIpc) is 3.81. The van der Waals surface area contributed by atoms with Gasteiger partial charge in [0.2, 0.25) is 0 Å². The molecule has 0 atom stereocenters. The summed E-state index contributed by atoms with van der Waals surface area (Å²) in [5, 5.41) is 4.35. The Hall–Kier alpha value is -7.84. The molecule has 0 amide bonds. The topological polar surface area (TPSA) is 48.5 Å². The van der Waals surface area contributed by atoms with Crippen molar-refractivity contribution in [2.24, 2.45) is 0 Å². The quantitative estimate of drug-likeness (QED) is 0.169. The second kappa shape index (κ2) is 13.9. The van der Waals surface area contributed by atoms with E-state index in [9.17, 15) is 13.2 Å². The molecule has 0 aliphatic rings. The molecule has 11 aromatic rings. The van der Waals surface area contributed by atoms with Crippen LogP contribution in [-0.2, 0) is 6.18 Å². The molecular weight excluding hydrogens is 752 g/mol. The van der Waals surface area contributed by atoms with E-state index in [1.807, 2.05) is 91.0 Å². The van der Waals surface area contributed by atoms with Crippen LogP contribution < -0.4 is 0 Å². The summed E-state index contributed by atoms with van der Waals surface area (Å²) in [6, 6.07) is 62.2. The molecule has 3 aromatic heterocycles. The number of hydrogen-bond acceptors (Lipinski definition) is 3. The molecule has 0 spiro atoms. The van der Waals surface area contributed by atoms with Crippen molar-refractivity contribution >= 4 is 43.6 Å². The second-order valence-electron chi connectivity index (χ2n) is 14.8. The van der Waals surface area contributed by atoms with Gasteiger partial charge in [-0.2, -0.15) is 13.2 Å². The maximum absolute atomic E-state index is 14.2. The molecule has 0 radical (unpaired) electrons. The monoisotopic (exact) mass is 783 g/mol. The molecule has 0 aliphatic heterocycles. The predicted molar refractivity (Wildman–Crippen MR) is 235 cm³/mol. The van der Waals surface area contributed by atoms with E-state index in [1.165, 1.54) is 22.9 Å². The van der Waals surface area contributed by atoms with Crippen molar-refractivity contribution < 1.29 is 13.2 Å². The number of para-hydroxylation sites is 3. The number of benzene rings is 8. The van der Waals surface area contributed by atoms with E-state index in [-0.39, 0.29) is 0 Å². The van der Waals surface area contributed by atoms with E-state index in [1.54, 1.807) is 6.07 Å². The molecule has 0 fully saturated rings. The van der Waals surface area contributed by atoms with Crippen molar-refractivity contribution in [3.05, 3.63) is 200 Å².